The third-order valence-electron chi connectivity index (χ3n) is 2.90. The van der Waals surface area contributed by atoms with Gasteiger partial charge in [0, 0.05) is 4.47 Å². The average Bonchev–Trinajstić information content (AvgIpc) is 2.78. The van der Waals surface area contributed by atoms with Crippen LogP contribution < -0.4 is 4.72 Å². The fraction of sp³-hybridized carbons (Fsp3) is 0.154. The lowest BCUT2D eigenvalue weighted by atomic mass is 10.2. The molecule has 1 aromatic carbocycles. The number of rotatable bonds is 4. The minimum absolute atomic E-state index is 0.155. The number of carbonyl (C=O) groups excluding carboxylic acids is 1. The first-order valence-electron chi connectivity index (χ1n) is 6.17. The third kappa shape index (κ3) is 4.10. The van der Waals surface area contributed by atoms with Crippen molar-refractivity contribution < 1.29 is 13.2 Å². The normalized spacial score (nSPS) is 11.0. The number of hydrogen-bond donors (Lipinski definition) is 1. The van der Waals surface area contributed by atoms with E-state index >= 15 is 0 Å². The molecule has 10 heteroatoms. The molecule has 7 nitrogen and oxygen atoms in total. The lowest BCUT2D eigenvalue weighted by molar-refractivity contribution is -0.120. The summed E-state index contributed by atoms with van der Waals surface area (Å²) in [5.74, 6) is -0.772. The highest BCUT2D eigenvalue weighted by molar-refractivity contribution is 9.10. The van der Waals surface area contributed by atoms with E-state index in [-0.39, 0.29) is 17.0 Å². The molecule has 0 fully saturated rings. The molecule has 0 saturated heterocycles. The lowest BCUT2D eigenvalue weighted by Gasteiger charge is -2.09. The van der Waals surface area contributed by atoms with E-state index in [9.17, 15) is 13.2 Å². The van der Waals surface area contributed by atoms with Crippen LogP contribution in [0.25, 0.3) is 0 Å². The SMILES string of the molecule is Cc1c(Cl)cnn1CC(=O)NS(=O)(=O)c1cc(Br)cc(C#N)c1. The van der Waals surface area contributed by atoms with Crippen LogP contribution in [0.4, 0.5) is 0 Å². The second kappa shape index (κ2) is 6.70. The van der Waals surface area contributed by atoms with Gasteiger partial charge in [0.2, 0.25) is 0 Å². The Hall–Kier alpha value is -1.89. The van der Waals surface area contributed by atoms with Gasteiger partial charge in [-0.15, -0.1) is 0 Å². The molecule has 0 radical (unpaired) electrons. The number of nitrogens with zero attached hydrogens (tertiary/aromatic N) is 3. The zero-order chi connectivity index (χ0) is 17.2. The van der Waals surface area contributed by atoms with Crippen molar-refractivity contribution in [2.24, 2.45) is 0 Å². The number of aromatic nitrogens is 2. The first-order chi connectivity index (χ1) is 10.7. The Morgan fingerprint density at radius 2 is 2.17 bits per heavy atom. The molecule has 1 heterocycles. The van der Waals surface area contributed by atoms with Gasteiger partial charge in [0.1, 0.15) is 6.54 Å². The number of hydrogen-bond acceptors (Lipinski definition) is 5. The number of sulfonamides is 1. The number of carbonyl (C=O) groups is 1. The summed E-state index contributed by atoms with van der Waals surface area (Å²) in [6, 6.07) is 5.79. The second-order valence-corrected chi connectivity index (χ2v) is 7.56. The van der Waals surface area contributed by atoms with E-state index in [2.05, 4.69) is 21.0 Å². The molecule has 1 amide bonds. The van der Waals surface area contributed by atoms with Gasteiger partial charge in [-0.25, -0.2) is 13.1 Å². The highest BCUT2D eigenvalue weighted by atomic mass is 79.9. The molecule has 2 rings (SSSR count). The fourth-order valence-electron chi connectivity index (χ4n) is 1.74. The number of amides is 1. The molecule has 0 atom stereocenters. The number of nitrogens with one attached hydrogen (secondary N) is 1. The van der Waals surface area contributed by atoms with Gasteiger partial charge >= 0.3 is 0 Å². The van der Waals surface area contributed by atoms with Gasteiger partial charge in [-0.1, -0.05) is 27.5 Å². The topological polar surface area (TPSA) is 105 Å². The van der Waals surface area contributed by atoms with E-state index in [0.29, 0.717) is 15.2 Å². The zero-order valence-corrected chi connectivity index (χ0v) is 14.9. The minimum atomic E-state index is -4.10. The maximum absolute atomic E-state index is 12.2. The van der Waals surface area contributed by atoms with Crippen molar-refractivity contribution in [2.45, 2.75) is 18.4 Å². The Bertz CT molecular complexity index is 918. The standard InChI is InChI=1S/C13H10BrClN4O3S/c1-8-12(15)6-17-19(8)7-13(20)18-23(21,22)11-3-9(5-16)2-10(14)4-11/h2-4,6H,7H2,1H3,(H,18,20). The Morgan fingerprint density at radius 1 is 1.48 bits per heavy atom. The van der Waals surface area contributed by atoms with Crippen LogP contribution in [0.1, 0.15) is 11.3 Å². The molecule has 0 unspecified atom stereocenters. The van der Waals surface area contributed by atoms with E-state index in [1.54, 1.807) is 6.92 Å². The lowest BCUT2D eigenvalue weighted by Crippen LogP contribution is -2.33. The van der Waals surface area contributed by atoms with Gasteiger partial charge in [0.15, 0.2) is 0 Å². The van der Waals surface area contributed by atoms with Crippen molar-refractivity contribution in [2.75, 3.05) is 0 Å². The molecule has 0 aliphatic rings. The van der Waals surface area contributed by atoms with Crippen molar-refractivity contribution >= 4 is 43.5 Å². The highest BCUT2D eigenvalue weighted by Crippen LogP contribution is 2.19. The molecule has 2 aromatic rings. The van der Waals surface area contributed by atoms with Crippen LogP contribution in [-0.2, 0) is 21.4 Å². The highest BCUT2D eigenvalue weighted by Gasteiger charge is 2.20. The maximum atomic E-state index is 12.2. The van der Waals surface area contributed by atoms with Crippen molar-refractivity contribution in [3.05, 3.63) is 45.1 Å². The molecule has 1 aromatic heterocycles. The molecule has 0 aliphatic heterocycles. The Kier molecular flexibility index (Phi) is 5.09. The number of benzene rings is 1. The van der Waals surface area contributed by atoms with Gasteiger partial charge in [0.05, 0.1) is 33.4 Å². The van der Waals surface area contributed by atoms with Crippen LogP contribution in [0.15, 0.2) is 33.8 Å². The summed E-state index contributed by atoms with van der Waals surface area (Å²) in [5, 5.41) is 13.1. The molecule has 1 N–H and O–H groups in total. The summed E-state index contributed by atoms with van der Waals surface area (Å²) in [5.41, 5.74) is 0.704. The van der Waals surface area contributed by atoms with Crippen LogP contribution in [-0.4, -0.2) is 24.1 Å². The van der Waals surface area contributed by atoms with Crippen LogP contribution in [0.5, 0.6) is 0 Å². The summed E-state index contributed by atoms with van der Waals surface area (Å²) >= 11 is 8.95. The second-order valence-electron chi connectivity index (χ2n) is 4.55. The van der Waals surface area contributed by atoms with Crippen molar-refractivity contribution in [3.8, 4) is 6.07 Å². The van der Waals surface area contributed by atoms with Gasteiger partial charge in [-0.2, -0.15) is 10.4 Å². The Balaban J connectivity index is 2.21. The summed E-state index contributed by atoms with van der Waals surface area (Å²) in [4.78, 5) is 11.7. The quantitative estimate of drug-likeness (QED) is 0.819. The van der Waals surface area contributed by atoms with Gasteiger partial charge < -0.3 is 0 Å². The molecule has 0 saturated carbocycles. The first-order valence-corrected chi connectivity index (χ1v) is 8.82. The van der Waals surface area contributed by atoms with Gasteiger partial charge in [-0.05, 0) is 25.1 Å². The van der Waals surface area contributed by atoms with Gasteiger partial charge in [0.25, 0.3) is 15.9 Å². The smallest absolute Gasteiger partial charge is 0.264 e. The van der Waals surface area contributed by atoms with Crippen molar-refractivity contribution in [1.29, 1.82) is 5.26 Å². The predicted molar refractivity (Wildman–Crippen MR) is 86.2 cm³/mol. The van der Waals surface area contributed by atoms with Crippen LogP contribution in [0.2, 0.25) is 5.02 Å². The summed E-state index contributed by atoms with van der Waals surface area (Å²) in [6.45, 7) is 1.36. The Labute approximate surface area is 146 Å². The molecular formula is C13H10BrClN4O3S. The predicted octanol–water partition coefficient (Wildman–Crippen LogP) is 1.98. The van der Waals surface area contributed by atoms with Crippen LogP contribution in [0, 0.1) is 18.3 Å². The Morgan fingerprint density at radius 3 is 2.74 bits per heavy atom. The number of nitriles is 1. The fourth-order valence-corrected chi connectivity index (χ4v) is 3.57. The molecule has 0 bridgehead atoms. The van der Waals surface area contributed by atoms with E-state index in [0.717, 1.165) is 0 Å². The third-order valence-corrected chi connectivity index (χ3v) is 5.08. The van der Waals surface area contributed by atoms with Gasteiger partial charge in [-0.3, -0.25) is 9.48 Å². The largest absolute Gasteiger partial charge is 0.272 e. The molecule has 0 aliphatic carbocycles. The van der Waals surface area contributed by atoms with Crippen LogP contribution in [0.3, 0.4) is 0 Å². The molecular weight excluding hydrogens is 408 g/mol. The monoisotopic (exact) mass is 416 g/mol. The van der Waals surface area contributed by atoms with E-state index in [1.165, 1.54) is 29.1 Å². The average molecular weight is 418 g/mol. The minimum Gasteiger partial charge on any atom is -0.272 e. The zero-order valence-electron chi connectivity index (χ0n) is 11.7. The first kappa shape index (κ1) is 17.5. The van der Waals surface area contributed by atoms with Crippen molar-refractivity contribution in [1.82, 2.24) is 14.5 Å². The van der Waals surface area contributed by atoms with E-state index < -0.39 is 15.9 Å². The van der Waals surface area contributed by atoms with E-state index in [1.807, 2.05) is 10.8 Å². The summed E-state index contributed by atoms with van der Waals surface area (Å²) in [7, 11) is -4.10. The maximum Gasteiger partial charge on any atom is 0.264 e. The number of halogens is 2. The van der Waals surface area contributed by atoms with E-state index in [4.69, 9.17) is 16.9 Å². The molecule has 0 spiro atoms. The summed E-state index contributed by atoms with van der Waals surface area (Å²) in [6.07, 6.45) is 1.37. The molecule has 23 heavy (non-hydrogen) atoms. The van der Waals surface area contributed by atoms with Crippen molar-refractivity contribution in [3.63, 3.8) is 0 Å². The van der Waals surface area contributed by atoms with Crippen LogP contribution >= 0.6 is 27.5 Å². The molecule has 120 valence electrons. The summed E-state index contributed by atoms with van der Waals surface area (Å²) < 4.78 is 28.1.